The molecule has 164 valence electrons. The maximum absolute atomic E-state index is 13.0. The van der Waals surface area contributed by atoms with E-state index in [2.05, 4.69) is 4.74 Å². The molecule has 0 aliphatic carbocycles. The van der Waals surface area contributed by atoms with E-state index in [9.17, 15) is 14.4 Å². The highest BCUT2D eigenvalue weighted by atomic mass is 35.5. The van der Waals surface area contributed by atoms with Gasteiger partial charge in [-0.15, -0.1) is 0 Å². The zero-order chi connectivity index (χ0) is 22.7. The second kappa shape index (κ2) is 9.39. The number of ether oxygens (including phenoxy) is 2. The zero-order valence-corrected chi connectivity index (χ0v) is 18.6. The van der Waals surface area contributed by atoms with Crippen LogP contribution in [0.15, 0.2) is 52.1 Å². The summed E-state index contributed by atoms with van der Waals surface area (Å²) in [7, 11) is 1.26. The molecule has 7 nitrogen and oxygen atoms in total. The van der Waals surface area contributed by atoms with Crippen molar-refractivity contribution in [2.75, 3.05) is 7.11 Å². The Morgan fingerprint density at radius 1 is 1.16 bits per heavy atom. The Morgan fingerprint density at radius 3 is 2.45 bits per heavy atom. The van der Waals surface area contributed by atoms with E-state index in [-0.39, 0.29) is 30.7 Å². The number of allylic oxidation sites excluding steroid dienone is 1. The third-order valence-electron chi connectivity index (χ3n) is 5.02. The molecule has 1 aliphatic rings. The highest BCUT2D eigenvalue weighted by molar-refractivity contribution is 6.30. The number of nitrogens with zero attached hydrogens (tertiary/aromatic N) is 1. The van der Waals surface area contributed by atoms with Crippen LogP contribution in [0.1, 0.15) is 55.0 Å². The first-order chi connectivity index (χ1) is 14.7. The summed E-state index contributed by atoms with van der Waals surface area (Å²) in [5.74, 6) is -1.26. The van der Waals surface area contributed by atoms with Crippen LogP contribution in [0.25, 0.3) is 0 Å². The van der Waals surface area contributed by atoms with Gasteiger partial charge in [0.25, 0.3) is 0 Å². The lowest BCUT2D eigenvalue weighted by Crippen LogP contribution is -2.38. The molecule has 2 heterocycles. The van der Waals surface area contributed by atoms with Crippen molar-refractivity contribution in [1.29, 1.82) is 0 Å². The van der Waals surface area contributed by atoms with Crippen LogP contribution in [-0.4, -0.2) is 36.0 Å². The first kappa shape index (κ1) is 22.6. The Hall–Kier alpha value is -3.06. The fourth-order valence-electron chi connectivity index (χ4n) is 3.55. The third kappa shape index (κ3) is 4.99. The average Bonchev–Trinajstić information content (AvgIpc) is 3.18. The molecule has 8 heteroatoms. The first-order valence-corrected chi connectivity index (χ1v) is 10.2. The Labute approximate surface area is 185 Å². The molecule has 0 radical (unpaired) electrons. The SMILES string of the molecule is COC(=O)c1ccc(CN2C(=O)CC(c3ccc(Cl)cc3)C(C(=O)OC(C)C)=C2C)o1. The summed E-state index contributed by atoms with van der Waals surface area (Å²) < 4.78 is 15.6. The Bertz CT molecular complexity index is 1020. The molecule has 1 atom stereocenters. The van der Waals surface area contributed by atoms with Crippen molar-refractivity contribution >= 4 is 29.4 Å². The fourth-order valence-corrected chi connectivity index (χ4v) is 3.68. The third-order valence-corrected chi connectivity index (χ3v) is 5.27. The molecular formula is C23H24ClNO6. The lowest BCUT2D eigenvalue weighted by atomic mass is 9.83. The van der Waals surface area contributed by atoms with Crippen LogP contribution in [0.5, 0.6) is 0 Å². The highest BCUT2D eigenvalue weighted by Crippen LogP contribution is 2.38. The molecule has 0 saturated heterocycles. The van der Waals surface area contributed by atoms with Crippen LogP contribution in [0.4, 0.5) is 0 Å². The molecule has 2 aromatic rings. The summed E-state index contributed by atoms with van der Waals surface area (Å²) in [5, 5.41) is 0.568. The molecule has 3 rings (SSSR count). The molecule has 31 heavy (non-hydrogen) atoms. The molecule has 1 unspecified atom stereocenters. The highest BCUT2D eigenvalue weighted by Gasteiger charge is 2.37. The molecule has 1 amide bonds. The van der Waals surface area contributed by atoms with Gasteiger partial charge >= 0.3 is 11.9 Å². The van der Waals surface area contributed by atoms with Gasteiger partial charge in [0, 0.05) is 23.1 Å². The summed E-state index contributed by atoms with van der Waals surface area (Å²) in [6, 6.07) is 10.2. The van der Waals surface area contributed by atoms with Gasteiger partial charge in [0.15, 0.2) is 0 Å². The molecule has 1 aromatic carbocycles. The van der Waals surface area contributed by atoms with E-state index in [0.717, 1.165) is 5.56 Å². The maximum atomic E-state index is 13.0. The van der Waals surface area contributed by atoms with E-state index in [0.29, 0.717) is 22.1 Å². The van der Waals surface area contributed by atoms with Crippen LogP contribution in [-0.2, 0) is 25.6 Å². The summed E-state index contributed by atoms with van der Waals surface area (Å²) >= 11 is 6.00. The summed E-state index contributed by atoms with van der Waals surface area (Å²) in [6.07, 6.45) is -0.219. The molecule has 1 aromatic heterocycles. The van der Waals surface area contributed by atoms with Gasteiger partial charge in [0.05, 0.1) is 25.3 Å². The van der Waals surface area contributed by atoms with Crippen molar-refractivity contribution in [2.45, 2.75) is 45.8 Å². The van der Waals surface area contributed by atoms with E-state index >= 15 is 0 Å². The van der Waals surface area contributed by atoms with Gasteiger partial charge in [0.1, 0.15) is 5.76 Å². The molecular weight excluding hydrogens is 422 g/mol. The predicted octanol–water partition coefficient (Wildman–Crippen LogP) is 4.46. The number of hydrogen-bond donors (Lipinski definition) is 0. The molecule has 0 spiro atoms. The number of benzene rings is 1. The second-order valence-corrected chi connectivity index (χ2v) is 7.94. The van der Waals surface area contributed by atoms with E-state index in [4.69, 9.17) is 20.8 Å². The fraction of sp³-hybridized carbons (Fsp3) is 0.348. The molecule has 0 fully saturated rings. The van der Waals surface area contributed by atoms with Gasteiger partial charge in [-0.1, -0.05) is 23.7 Å². The number of esters is 2. The van der Waals surface area contributed by atoms with E-state index in [1.807, 2.05) is 0 Å². The van der Waals surface area contributed by atoms with Gasteiger partial charge in [-0.25, -0.2) is 9.59 Å². The number of furan rings is 1. The topological polar surface area (TPSA) is 86.0 Å². The molecule has 0 N–H and O–H groups in total. The normalized spacial score (nSPS) is 16.6. The number of amides is 1. The first-order valence-electron chi connectivity index (χ1n) is 9.85. The Balaban J connectivity index is 1.98. The van der Waals surface area contributed by atoms with Crippen molar-refractivity contribution < 1.29 is 28.3 Å². The quantitative estimate of drug-likeness (QED) is 0.610. The van der Waals surface area contributed by atoms with Crippen molar-refractivity contribution in [3.8, 4) is 0 Å². The minimum Gasteiger partial charge on any atom is -0.463 e. The second-order valence-electron chi connectivity index (χ2n) is 7.50. The Kier molecular flexibility index (Phi) is 6.85. The number of hydrogen-bond acceptors (Lipinski definition) is 6. The van der Waals surface area contributed by atoms with E-state index in [1.54, 1.807) is 51.1 Å². The summed E-state index contributed by atoms with van der Waals surface area (Å²) in [5.41, 5.74) is 1.70. The van der Waals surface area contributed by atoms with Gasteiger partial charge in [0.2, 0.25) is 11.7 Å². The monoisotopic (exact) mass is 445 g/mol. The van der Waals surface area contributed by atoms with E-state index < -0.39 is 17.9 Å². The average molecular weight is 446 g/mol. The zero-order valence-electron chi connectivity index (χ0n) is 17.8. The molecule has 1 aliphatic heterocycles. The standard InChI is InChI=1S/C23H24ClNO6/c1-13(2)30-23(28)21-14(3)25(12-17-9-10-19(31-17)22(27)29-4)20(26)11-18(21)15-5-7-16(24)8-6-15/h5-10,13,18H,11-12H2,1-4H3. The van der Waals surface area contributed by atoms with Crippen LogP contribution in [0.3, 0.4) is 0 Å². The van der Waals surface area contributed by atoms with Crippen LogP contribution < -0.4 is 0 Å². The van der Waals surface area contributed by atoms with Crippen molar-refractivity contribution in [1.82, 2.24) is 4.90 Å². The van der Waals surface area contributed by atoms with Gasteiger partial charge < -0.3 is 18.8 Å². The largest absolute Gasteiger partial charge is 0.463 e. The van der Waals surface area contributed by atoms with E-state index in [1.165, 1.54) is 18.1 Å². The number of carbonyl (C=O) groups excluding carboxylic acids is 3. The summed E-state index contributed by atoms with van der Waals surface area (Å²) in [6.45, 7) is 5.33. The van der Waals surface area contributed by atoms with Crippen molar-refractivity contribution in [3.63, 3.8) is 0 Å². The van der Waals surface area contributed by atoms with Crippen LogP contribution >= 0.6 is 11.6 Å². The smallest absolute Gasteiger partial charge is 0.373 e. The number of methoxy groups -OCH3 is 1. The number of carbonyl (C=O) groups is 3. The van der Waals surface area contributed by atoms with Crippen LogP contribution in [0.2, 0.25) is 5.02 Å². The summed E-state index contributed by atoms with van der Waals surface area (Å²) in [4.78, 5) is 39.1. The van der Waals surface area contributed by atoms with Crippen molar-refractivity contribution in [2.24, 2.45) is 0 Å². The number of halogens is 1. The lowest BCUT2D eigenvalue weighted by Gasteiger charge is -2.34. The number of rotatable bonds is 6. The molecule has 0 bridgehead atoms. The minimum absolute atomic E-state index is 0.0436. The lowest BCUT2D eigenvalue weighted by molar-refractivity contribution is -0.144. The van der Waals surface area contributed by atoms with Crippen molar-refractivity contribution in [3.05, 3.63) is 69.8 Å². The van der Waals surface area contributed by atoms with Gasteiger partial charge in [-0.3, -0.25) is 4.79 Å². The van der Waals surface area contributed by atoms with Gasteiger partial charge in [-0.2, -0.15) is 0 Å². The van der Waals surface area contributed by atoms with Crippen LogP contribution in [0, 0.1) is 0 Å². The molecule has 0 saturated carbocycles. The maximum Gasteiger partial charge on any atom is 0.373 e. The minimum atomic E-state index is -0.604. The predicted molar refractivity (Wildman–Crippen MR) is 113 cm³/mol. The Morgan fingerprint density at radius 2 is 1.84 bits per heavy atom. The van der Waals surface area contributed by atoms with Gasteiger partial charge in [-0.05, 0) is 50.6 Å².